The predicted octanol–water partition coefficient (Wildman–Crippen LogP) is 6.73. The maximum atomic E-state index is 12.7. The summed E-state index contributed by atoms with van der Waals surface area (Å²) in [7, 11) is 0. The average molecular weight is 338 g/mol. The molecule has 1 aliphatic rings. The van der Waals surface area contributed by atoms with Gasteiger partial charge in [0.15, 0.2) is 0 Å². The van der Waals surface area contributed by atoms with Gasteiger partial charge in [0, 0.05) is 19.0 Å². The molecule has 0 aromatic carbocycles. The summed E-state index contributed by atoms with van der Waals surface area (Å²) in [6.07, 6.45) is 20.8. The highest BCUT2D eigenvalue weighted by Crippen LogP contribution is 2.27. The van der Waals surface area contributed by atoms with Crippen LogP contribution in [0.3, 0.4) is 0 Å². The Morgan fingerprint density at radius 2 is 1.17 bits per heavy atom. The Kier molecular flexibility index (Phi) is 13.3. The van der Waals surface area contributed by atoms with Gasteiger partial charge in [0.05, 0.1) is 0 Å². The lowest BCUT2D eigenvalue weighted by atomic mass is 10.0. The van der Waals surface area contributed by atoms with E-state index in [1.807, 2.05) is 0 Å². The van der Waals surface area contributed by atoms with Crippen LogP contribution in [0.2, 0.25) is 0 Å². The van der Waals surface area contributed by atoms with Gasteiger partial charge < -0.3 is 4.90 Å². The molecular formula is C22H43NO. The van der Waals surface area contributed by atoms with Crippen LogP contribution >= 0.6 is 0 Å². The molecule has 0 N–H and O–H groups in total. The Balaban J connectivity index is 2.08. The monoisotopic (exact) mass is 337 g/mol. The van der Waals surface area contributed by atoms with E-state index in [0.29, 0.717) is 11.8 Å². The van der Waals surface area contributed by atoms with Crippen molar-refractivity contribution in [3.63, 3.8) is 0 Å². The largest absolute Gasteiger partial charge is 0.342 e. The number of hydrogen-bond donors (Lipinski definition) is 0. The maximum Gasteiger partial charge on any atom is 0.225 e. The molecule has 0 aromatic rings. The zero-order valence-corrected chi connectivity index (χ0v) is 16.7. The van der Waals surface area contributed by atoms with Gasteiger partial charge in [0.25, 0.3) is 0 Å². The van der Waals surface area contributed by atoms with E-state index < -0.39 is 0 Å². The minimum absolute atomic E-state index is 0.352. The van der Waals surface area contributed by atoms with Crippen molar-refractivity contribution in [1.29, 1.82) is 0 Å². The van der Waals surface area contributed by atoms with Crippen LogP contribution in [0, 0.1) is 5.92 Å². The van der Waals surface area contributed by atoms with Crippen molar-refractivity contribution in [2.45, 2.75) is 117 Å². The number of rotatable bonds is 15. The van der Waals surface area contributed by atoms with Crippen LogP contribution in [-0.2, 0) is 4.79 Å². The zero-order chi connectivity index (χ0) is 17.5. The maximum absolute atomic E-state index is 12.7. The first-order valence-corrected chi connectivity index (χ1v) is 11.1. The lowest BCUT2D eigenvalue weighted by molar-refractivity contribution is -0.135. The van der Waals surface area contributed by atoms with Crippen LogP contribution in [0.5, 0.6) is 0 Å². The van der Waals surface area contributed by atoms with Gasteiger partial charge in [-0.1, -0.05) is 90.9 Å². The molecule has 1 aliphatic carbocycles. The first-order chi connectivity index (χ1) is 11.8. The minimum atomic E-state index is 0.352. The molecule has 2 heteroatoms. The summed E-state index contributed by atoms with van der Waals surface area (Å²) in [6.45, 7) is 6.50. The van der Waals surface area contributed by atoms with E-state index in [4.69, 9.17) is 0 Å². The minimum Gasteiger partial charge on any atom is -0.342 e. The van der Waals surface area contributed by atoms with E-state index in [2.05, 4.69) is 18.7 Å². The second kappa shape index (κ2) is 14.8. The van der Waals surface area contributed by atoms with E-state index in [9.17, 15) is 4.79 Å². The van der Waals surface area contributed by atoms with Gasteiger partial charge in [-0.3, -0.25) is 4.79 Å². The molecule has 0 radical (unpaired) electrons. The molecule has 0 atom stereocenters. The van der Waals surface area contributed by atoms with Crippen molar-refractivity contribution in [1.82, 2.24) is 4.90 Å². The molecule has 2 nitrogen and oxygen atoms in total. The molecule has 1 saturated carbocycles. The molecule has 0 unspecified atom stereocenters. The van der Waals surface area contributed by atoms with E-state index >= 15 is 0 Å². The number of carbonyl (C=O) groups is 1. The molecule has 0 spiro atoms. The van der Waals surface area contributed by atoms with Crippen molar-refractivity contribution < 1.29 is 4.79 Å². The molecule has 142 valence electrons. The fraction of sp³-hybridized carbons (Fsp3) is 0.955. The summed E-state index contributed by atoms with van der Waals surface area (Å²) >= 11 is 0. The standard InChI is InChI=1S/C22H43NO/c1-3-5-7-8-9-10-11-12-13-16-20-23(19-6-4-2)22(24)21-17-14-15-18-21/h21H,3-20H2,1-2H3. The lowest BCUT2D eigenvalue weighted by Crippen LogP contribution is -2.36. The van der Waals surface area contributed by atoms with Crippen molar-refractivity contribution in [3.8, 4) is 0 Å². The number of hydrogen-bond acceptors (Lipinski definition) is 1. The summed E-state index contributed by atoms with van der Waals surface area (Å²) in [6, 6.07) is 0. The summed E-state index contributed by atoms with van der Waals surface area (Å²) in [5.41, 5.74) is 0. The Morgan fingerprint density at radius 1 is 0.708 bits per heavy atom. The van der Waals surface area contributed by atoms with Gasteiger partial charge in [-0.2, -0.15) is 0 Å². The quantitative estimate of drug-likeness (QED) is 0.303. The molecule has 1 fully saturated rings. The predicted molar refractivity (Wildman–Crippen MR) is 105 cm³/mol. The first-order valence-electron chi connectivity index (χ1n) is 11.1. The summed E-state index contributed by atoms with van der Waals surface area (Å²) in [5, 5.41) is 0. The van der Waals surface area contributed by atoms with Crippen molar-refractivity contribution in [2.75, 3.05) is 13.1 Å². The number of nitrogens with zero attached hydrogens (tertiary/aromatic N) is 1. The van der Waals surface area contributed by atoms with Gasteiger partial charge in [0.1, 0.15) is 0 Å². The molecule has 1 amide bonds. The van der Waals surface area contributed by atoms with Crippen LogP contribution in [0.25, 0.3) is 0 Å². The third kappa shape index (κ3) is 9.69. The normalized spacial score (nSPS) is 15.1. The average Bonchev–Trinajstić information content (AvgIpc) is 3.13. The third-order valence-electron chi connectivity index (χ3n) is 5.58. The van der Waals surface area contributed by atoms with Gasteiger partial charge in [-0.25, -0.2) is 0 Å². The Bertz CT molecular complexity index is 296. The lowest BCUT2D eigenvalue weighted by Gasteiger charge is -2.25. The molecule has 1 rings (SSSR count). The van der Waals surface area contributed by atoms with Gasteiger partial charge in [0.2, 0.25) is 5.91 Å². The first kappa shape index (κ1) is 21.5. The summed E-state index contributed by atoms with van der Waals surface area (Å²) in [4.78, 5) is 14.9. The Hall–Kier alpha value is -0.530. The molecule has 0 aromatic heterocycles. The SMILES string of the molecule is CCCCCCCCCCCCN(CCCC)C(=O)C1CCCC1. The van der Waals surface area contributed by atoms with Crippen LogP contribution in [0.4, 0.5) is 0 Å². The molecule has 0 saturated heterocycles. The zero-order valence-electron chi connectivity index (χ0n) is 16.7. The number of unbranched alkanes of at least 4 members (excludes halogenated alkanes) is 10. The van der Waals surface area contributed by atoms with Crippen LogP contribution in [0.1, 0.15) is 117 Å². The smallest absolute Gasteiger partial charge is 0.225 e. The molecule has 0 aliphatic heterocycles. The highest BCUT2D eigenvalue weighted by Gasteiger charge is 2.26. The van der Waals surface area contributed by atoms with Gasteiger partial charge in [-0.15, -0.1) is 0 Å². The second-order valence-corrected chi connectivity index (χ2v) is 7.84. The van der Waals surface area contributed by atoms with E-state index in [1.54, 1.807) is 0 Å². The summed E-state index contributed by atoms with van der Waals surface area (Å²) in [5.74, 6) is 0.821. The van der Waals surface area contributed by atoms with Crippen molar-refractivity contribution >= 4 is 5.91 Å². The highest BCUT2D eigenvalue weighted by atomic mass is 16.2. The molecular weight excluding hydrogens is 294 g/mol. The van der Waals surface area contributed by atoms with Crippen LogP contribution in [0.15, 0.2) is 0 Å². The molecule has 24 heavy (non-hydrogen) atoms. The summed E-state index contributed by atoms with van der Waals surface area (Å²) < 4.78 is 0. The molecule has 0 bridgehead atoms. The highest BCUT2D eigenvalue weighted by molar-refractivity contribution is 5.79. The fourth-order valence-electron chi connectivity index (χ4n) is 3.90. The number of carbonyl (C=O) groups excluding carboxylic acids is 1. The third-order valence-corrected chi connectivity index (χ3v) is 5.58. The Labute approximate surface area is 151 Å². The van der Waals surface area contributed by atoms with E-state index in [1.165, 1.54) is 83.5 Å². The van der Waals surface area contributed by atoms with E-state index in [-0.39, 0.29) is 0 Å². The van der Waals surface area contributed by atoms with Gasteiger partial charge >= 0.3 is 0 Å². The van der Waals surface area contributed by atoms with Crippen molar-refractivity contribution in [3.05, 3.63) is 0 Å². The van der Waals surface area contributed by atoms with Crippen molar-refractivity contribution in [2.24, 2.45) is 5.92 Å². The van der Waals surface area contributed by atoms with E-state index in [0.717, 1.165) is 32.4 Å². The topological polar surface area (TPSA) is 20.3 Å². The van der Waals surface area contributed by atoms with Gasteiger partial charge in [-0.05, 0) is 25.7 Å². The second-order valence-electron chi connectivity index (χ2n) is 7.84. The van der Waals surface area contributed by atoms with Crippen LogP contribution < -0.4 is 0 Å². The molecule has 0 heterocycles. The fourth-order valence-corrected chi connectivity index (χ4v) is 3.90. The number of amides is 1. The van der Waals surface area contributed by atoms with Crippen LogP contribution in [-0.4, -0.2) is 23.9 Å². The Morgan fingerprint density at radius 3 is 1.71 bits per heavy atom.